The Morgan fingerprint density at radius 3 is 2.80 bits per heavy atom. The van der Waals surface area contributed by atoms with Gasteiger partial charge in [-0.3, -0.25) is 4.99 Å². The Bertz CT molecular complexity index is 1080. The molecule has 0 aliphatic carbocycles. The number of benzene rings is 1. The van der Waals surface area contributed by atoms with Gasteiger partial charge in [-0.15, -0.1) is 11.3 Å². The van der Waals surface area contributed by atoms with Crippen LogP contribution in [0.25, 0.3) is 11.5 Å². The number of methoxy groups -OCH3 is 1. The molecule has 0 fully saturated rings. The van der Waals surface area contributed by atoms with Gasteiger partial charge < -0.3 is 13.9 Å². The van der Waals surface area contributed by atoms with Crippen molar-refractivity contribution in [3.63, 3.8) is 0 Å². The van der Waals surface area contributed by atoms with Gasteiger partial charge in [0, 0.05) is 5.38 Å². The maximum Gasteiger partial charge on any atom is 0.206 e. The minimum atomic E-state index is 0.437. The smallest absolute Gasteiger partial charge is 0.206 e. The standard InChI is InChI=1S/C23H27N3O3S/c1-16(2)12-24-23-26(19(15-30-23)20-7-6-10-28-20)25-13-18-8-9-21(22(11-18)27-5)29-14-17(3)4/h6-11,13,15,17H,1,12,14H2,2-5H3. The highest BCUT2D eigenvalue weighted by molar-refractivity contribution is 7.07. The van der Waals surface area contributed by atoms with Crippen molar-refractivity contribution in [3.05, 3.63) is 64.5 Å². The molecule has 1 aromatic carbocycles. The third-order valence-electron chi connectivity index (χ3n) is 4.03. The Morgan fingerprint density at radius 2 is 2.13 bits per heavy atom. The first-order chi connectivity index (χ1) is 14.5. The highest BCUT2D eigenvalue weighted by Crippen LogP contribution is 2.28. The molecule has 30 heavy (non-hydrogen) atoms. The van der Waals surface area contributed by atoms with Gasteiger partial charge in [0.2, 0.25) is 4.80 Å². The molecular weight excluding hydrogens is 398 g/mol. The zero-order valence-corrected chi connectivity index (χ0v) is 18.6. The number of nitrogens with zero attached hydrogens (tertiary/aromatic N) is 3. The first-order valence-corrected chi connectivity index (χ1v) is 10.6. The Balaban J connectivity index is 1.94. The van der Waals surface area contributed by atoms with Crippen LogP contribution in [0.1, 0.15) is 26.3 Å². The molecule has 6 nitrogen and oxygen atoms in total. The molecule has 3 rings (SSSR count). The summed E-state index contributed by atoms with van der Waals surface area (Å²) in [6, 6.07) is 9.52. The largest absolute Gasteiger partial charge is 0.493 e. The average molecular weight is 426 g/mol. The van der Waals surface area contributed by atoms with Crippen molar-refractivity contribution in [2.75, 3.05) is 20.3 Å². The summed E-state index contributed by atoms with van der Waals surface area (Å²) in [7, 11) is 1.63. The average Bonchev–Trinajstić information content (AvgIpc) is 3.38. The number of rotatable bonds is 9. The second-order valence-corrected chi connectivity index (χ2v) is 8.16. The lowest BCUT2D eigenvalue weighted by Crippen LogP contribution is -2.12. The number of aromatic nitrogens is 1. The monoisotopic (exact) mass is 425 g/mol. The predicted molar refractivity (Wildman–Crippen MR) is 122 cm³/mol. The molecule has 0 aliphatic rings. The molecule has 2 heterocycles. The maximum absolute atomic E-state index is 5.83. The summed E-state index contributed by atoms with van der Waals surface area (Å²) >= 11 is 1.51. The Hall–Kier alpha value is -3.06. The number of hydrogen-bond donors (Lipinski definition) is 0. The molecule has 0 radical (unpaired) electrons. The van der Waals surface area contributed by atoms with Gasteiger partial charge in [0.25, 0.3) is 0 Å². The topological polar surface area (TPSA) is 61.2 Å². The van der Waals surface area contributed by atoms with Gasteiger partial charge in [-0.1, -0.05) is 26.0 Å². The second-order valence-electron chi connectivity index (χ2n) is 7.33. The fourth-order valence-electron chi connectivity index (χ4n) is 2.58. The van der Waals surface area contributed by atoms with E-state index in [9.17, 15) is 0 Å². The molecular formula is C23H27N3O3S. The van der Waals surface area contributed by atoms with Gasteiger partial charge in [0.1, 0.15) is 5.69 Å². The summed E-state index contributed by atoms with van der Waals surface area (Å²) in [5.41, 5.74) is 2.71. The Kier molecular flexibility index (Phi) is 7.30. The highest BCUT2D eigenvalue weighted by Gasteiger charge is 2.10. The fourth-order valence-corrected chi connectivity index (χ4v) is 3.40. The second kappa shape index (κ2) is 10.1. The van der Waals surface area contributed by atoms with Crippen molar-refractivity contribution in [1.82, 2.24) is 4.68 Å². The quantitative estimate of drug-likeness (QED) is 0.349. The third kappa shape index (κ3) is 5.51. The zero-order chi connectivity index (χ0) is 21.5. The molecule has 0 bridgehead atoms. The molecule has 0 spiro atoms. The molecule has 7 heteroatoms. The summed E-state index contributed by atoms with van der Waals surface area (Å²) in [5.74, 6) is 2.57. The SMILES string of the molecule is C=C(C)CN=c1scc(-c2ccco2)n1N=Cc1ccc(OCC(C)C)c(OC)c1. The summed E-state index contributed by atoms with van der Waals surface area (Å²) in [6.45, 7) is 11.3. The van der Waals surface area contributed by atoms with Crippen LogP contribution in [0.3, 0.4) is 0 Å². The van der Waals surface area contributed by atoms with E-state index in [1.54, 1.807) is 24.3 Å². The highest BCUT2D eigenvalue weighted by atomic mass is 32.1. The molecule has 2 aromatic heterocycles. The minimum Gasteiger partial charge on any atom is -0.493 e. The van der Waals surface area contributed by atoms with Crippen molar-refractivity contribution in [1.29, 1.82) is 0 Å². The Labute approximate surface area is 180 Å². The van der Waals surface area contributed by atoms with Gasteiger partial charge in [-0.25, -0.2) is 4.68 Å². The van der Waals surface area contributed by atoms with E-state index in [4.69, 9.17) is 13.9 Å². The summed E-state index contributed by atoms with van der Waals surface area (Å²) < 4.78 is 18.7. The number of ether oxygens (including phenoxy) is 2. The molecule has 158 valence electrons. The van der Waals surface area contributed by atoms with Gasteiger partial charge in [-0.05, 0) is 48.7 Å². The number of furan rings is 1. The molecule has 0 N–H and O–H groups in total. The van der Waals surface area contributed by atoms with E-state index < -0.39 is 0 Å². The lowest BCUT2D eigenvalue weighted by atomic mass is 10.2. The molecule has 0 aliphatic heterocycles. The van der Waals surface area contributed by atoms with E-state index >= 15 is 0 Å². The van der Waals surface area contributed by atoms with Crippen LogP contribution in [0.5, 0.6) is 11.5 Å². The summed E-state index contributed by atoms with van der Waals surface area (Å²) in [5, 5.41) is 6.65. The molecule has 0 saturated carbocycles. The van der Waals surface area contributed by atoms with Crippen LogP contribution in [0.2, 0.25) is 0 Å². The van der Waals surface area contributed by atoms with E-state index in [-0.39, 0.29) is 0 Å². The van der Waals surface area contributed by atoms with Crippen LogP contribution in [0, 0.1) is 5.92 Å². The van der Waals surface area contributed by atoms with Crippen LogP contribution in [-0.2, 0) is 0 Å². The first kappa shape index (κ1) is 21.6. The molecule has 3 aromatic rings. The van der Waals surface area contributed by atoms with Crippen LogP contribution < -0.4 is 14.3 Å². The number of thiazole rings is 1. The molecule has 0 atom stereocenters. The zero-order valence-electron chi connectivity index (χ0n) is 17.8. The summed E-state index contributed by atoms with van der Waals surface area (Å²) in [6.07, 6.45) is 3.42. The van der Waals surface area contributed by atoms with Crippen molar-refractivity contribution in [2.24, 2.45) is 16.0 Å². The maximum atomic E-state index is 5.83. The van der Waals surface area contributed by atoms with Crippen molar-refractivity contribution in [3.8, 4) is 23.0 Å². The van der Waals surface area contributed by atoms with Gasteiger partial charge in [-0.2, -0.15) is 5.10 Å². The third-order valence-corrected chi connectivity index (χ3v) is 4.88. The molecule has 0 amide bonds. The van der Waals surface area contributed by atoms with Crippen molar-refractivity contribution >= 4 is 17.6 Å². The van der Waals surface area contributed by atoms with Crippen LogP contribution in [0.4, 0.5) is 0 Å². The minimum absolute atomic E-state index is 0.437. The fraction of sp³-hybridized carbons (Fsp3) is 0.304. The van der Waals surface area contributed by atoms with Gasteiger partial charge >= 0.3 is 0 Å². The normalized spacial score (nSPS) is 12.1. The van der Waals surface area contributed by atoms with Crippen LogP contribution in [-0.4, -0.2) is 31.2 Å². The Morgan fingerprint density at radius 1 is 1.30 bits per heavy atom. The van der Waals surface area contributed by atoms with Gasteiger partial charge in [0.15, 0.2) is 17.3 Å². The van der Waals surface area contributed by atoms with E-state index in [0.29, 0.717) is 24.8 Å². The van der Waals surface area contributed by atoms with Gasteiger partial charge in [0.05, 0.1) is 32.7 Å². The van der Waals surface area contributed by atoms with Crippen molar-refractivity contribution in [2.45, 2.75) is 20.8 Å². The van der Waals surface area contributed by atoms with Crippen LogP contribution in [0.15, 0.2) is 68.6 Å². The predicted octanol–water partition coefficient (Wildman–Crippen LogP) is 5.21. The molecule has 0 saturated heterocycles. The summed E-state index contributed by atoms with van der Waals surface area (Å²) in [4.78, 5) is 5.39. The van der Waals surface area contributed by atoms with E-state index in [0.717, 1.165) is 33.1 Å². The van der Waals surface area contributed by atoms with Crippen LogP contribution >= 0.6 is 11.3 Å². The number of hydrogen-bond acceptors (Lipinski definition) is 6. The van der Waals surface area contributed by atoms with E-state index in [1.165, 1.54) is 11.3 Å². The molecule has 0 unspecified atom stereocenters. The van der Waals surface area contributed by atoms with Crippen molar-refractivity contribution < 1.29 is 13.9 Å². The van der Waals surface area contributed by atoms with E-state index in [2.05, 4.69) is 30.5 Å². The lowest BCUT2D eigenvalue weighted by molar-refractivity contribution is 0.257. The lowest BCUT2D eigenvalue weighted by Gasteiger charge is -2.12. The van der Waals surface area contributed by atoms with E-state index in [1.807, 2.05) is 42.6 Å². The first-order valence-electron chi connectivity index (χ1n) is 9.72.